The van der Waals surface area contributed by atoms with Crippen LogP contribution in [0.5, 0.6) is 0 Å². The number of carbonyl (C=O) groups is 1. The summed E-state index contributed by atoms with van der Waals surface area (Å²) in [5.74, 6) is 0.159. The van der Waals surface area contributed by atoms with Crippen molar-refractivity contribution >= 4 is 27.5 Å². The maximum absolute atomic E-state index is 12.7. The van der Waals surface area contributed by atoms with Crippen LogP contribution in [0.15, 0.2) is 29.2 Å². The van der Waals surface area contributed by atoms with Crippen LogP contribution in [0.2, 0.25) is 5.02 Å². The van der Waals surface area contributed by atoms with Crippen LogP contribution in [-0.4, -0.2) is 73.7 Å². The largest absolute Gasteiger partial charge is 0.341 e. The number of nitrogens with zero attached hydrogens (tertiary/aromatic N) is 3. The summed E-state index contributed by atoms with van der Waals surface area (Å²) >= 11 is 5.83. The number of rotatable bonds is 4. The van der Waals surface area contributed by atoms with E-state index in [1.165, 1.54) is 16.4 Å². The predicted molar refractivity (Wildman–Crippen MR) is 97.1 cm³/mol. The van der Waals surface area contributed by atoms with Gasteiger partial charge in [-0.1, -0.05) is 11.6 Å². The molecule has 1 atom stereocenters. The minimum absolute atomic E-state index is 0.159. The molecule has 8 heteroatoms. The van der Waals surface area contributed by atoms with E-state index in [4.69, 9.17) is 11.6 Å². The molecule has 2 aliphatic heterocycles. The highest BCUT2D eigenvalue weighted by molar-refractivity contribution is 7.89. The maximum atomic E-state index is 12.7. The zero-order chi connectivity index (χ0) is 18.0. The summed E-state index contributed by atoms with van der Waals surface area (Å²) in [7, 11) is -3.51. The first-order valence-electron chi connectivity index (χ1n) is 8.68. The average Bonchev–Trinajstić information content (AvgIpc) is 3.15. The molecule has 25 heavy (non-hydrogen) atoms. The average molecular weight is 386 g/mol. The summed E-state index contributed by atoms with van der Waals surface area (Å²) in [4.78, 5) is 16.8. The summed E-state index contributed by atoms with van der Waals surface area (Å²) < 4.78 is 26.9. The number of amides is 1. The first-order chi connectivity index (χ1) is 11.9. The van der Waals surface area contributed by atoms with Crippen LogP contribution in [0.1, 0.15) is 19.8 Å². The normalized spacial score (nSPS) is 21.4. The van der Waals surface area contributed by atoms with Crippen molar-refractivity contribution in [3.63, 3.8) is 0 Å². The minimum atomic E-state index is -3.51. The number of carbonyl (C=O) groups excluding carboxylic acids is 1. The molecule has 2 fully saturated rings. The molecule has 2 aliphatic rings. The first kappa shape index (κ1) is 18.6. The van der Waals surface area contributed by atoms with Crippen LogP contribution in [-0.2, 0) is 14.8 Å². The molecule has 0 aliphatic carbocycles. The van der Waals surface area contributed by atoms with E-state index in [-0.39, 0.29) is 16.8 Å². The Labute approximate surface area is 154 Å². The molecule has 0 saturated carbocycles. The maximum Gasteiger partial charge on any atom is 0.243 e. The molecular weight excluding hydrogens is 362 g/mol. The molecule has 0 radical (unpaired) electrons. The number of likely N-dealkylation sites (tertiary alicyclic amines) is 1. The molecule has 0 aromatic heterocycles. The standard InChI is InChI=1S/C17H24ClN3O3S/c1-14(17(22)20-8-2-3-9-20)19-10-12-21(13-11-19)25(23,24)16-6-4-15(18)5-7-16/h4-7,14H,2-3,8-13H2,1H3. The molecule has 0 spiro atoms. The van der Waals surface area contributed by atoms with Crippen LogP contribution in [0.4, 0.5) is 0 Å². The lowest BCUT2D eigenvalue weighted by atomic mass is 10.2. The Morgan fingerprint density at radius 2 is 1.56 bits per heavy atom. The van der Waals surface area contributed by atoms with Crippen molar-refractivity contribution in [1.82, 2.24) is 14.1 Å². The van der Waals surface area contributed by atoms with E-state index < -0.39 is 10.0 Å². The van der Waals surface area contributed by atoms with Crippen molar-refractivity contribution in [3.05, 3.63) is 29.3 Å². The Kier molecular flexibility index (Phi) is 5.68. The first-order valence-corrected chi connectivity index (χ1v) is 10.5. The van der Waals surface area contributed by atoms with Gasteiger partial charge in [-0.2, -0.15) is 4.31 Å². The van der Waals surface area contributed by atoms with Gasteiger partial charge in [0.25, 0.3) is 0 Å². The van der Waals surface area contributed by atoms with Crippen LogP contribution in [0, 0.1) is 0 Å². The third-order valence-electron chi connectivity index (χ3n) is 5.05. The third-order valence-corrected chi connectivity index (χ3v) is 7.21. The Morgan fingerprint density at radius 1 is 1.00 bits per heavy atom. The van der Waals surface area contributed by atoms with E-state index in [1.54, 1.807) is 12.1 Å². The number of piperazine rings is 1. The molecule has 2 heterocycles. The highest BCUT2D eigenvalue weighted by atomic mass is 35.5. The number of hydrogen-bond donors (Lipinski definition) is 0. The van der Waals surface area contributed by atoms with Gasteiger partial charge in [0.05, 0.1) is 10.9 Å². The smallest absolute Gasteiger partial charge is 0.243 e. The summed E-state index contributed by atoms with van der Waals surface area (Å²) in [5.41, 5.74) is 0. The lowest BCUT2D eigenvalue weighted by molar-refractivity contribution is -0.135. The summed E-state index contributed by atoms with van der Waals surface area (Å²) in [6.07, 6.45) is 2.15. The Hall–Kier alpha value is -1.15. The second kappa shape index (κ2) is 7.61. The van der Waals surface area contributed by atoms with Gasteiger partial charge in [0, 0.05) is 44.3 Å². The van der Waals surface area contributed by atoms with E-state index in [9.17, 15) is 13.2 Å². The number of sulfonamides is 1. The van der Waals surface area contributed by atoms with E-state index in [2.05, 4.69) is 4.90 Å². The van der Waals surface area contributed by atoms with E-state index >= 15 is 0 Å². The molecule has 138 valence electrons. The highest BCUT2D eigenvalue weighted by Gasteiger charge is 2.33. The fourth-order valence-electron chi connectivity index (χ4n) is 3.44. The number of benzene rings is 1. The number of halogens is 1. The molecular formula is C17H24ClN3O3S. The molecule has 6 nitrogen and oxygen atoms in total. The topological polar surface area (TPSA) is 60.9 Å². The Bertz CT molecular complexity index is 709. The zero-order valence-electron chi connectivity index (χ0n) is 14.4. The van der Waals surface area contributed by atoms with Crippen molar-refractivity contribution < 1.29 is 13.2 Å². The van der Waals surface area contributed by atoms with Crippen LogP contribution < -0.4 is 0 Å². The molecule has 2 saturated heterocycles. The molecule has 0 bridgehead atoms. The second-order valence-corrected chi connectivity index (χ2v) is 8.98. The van der Waals surface area contributed by atoms with Gasteiger partial charge in [-0.25, -0.2) is 8.42 Å². The minimum Gasteiger partial charge on any atom is -0.341 e. The molecule has 1 aromatic carbocycles. The highest BCUT2D eigenvalue weighted by Crippen LogP contribution is 2.21. The second-order valence-electron chi connectivity index (χ2n) is 6.60. The van der Waals surface area contributed by atoms with Gasteiger partial charge in [-0.15, -0.1) is 0 Å². The Balaban J connectivity index is 1.61. The third kappa shape index (κ3) is 4.00. The summed E-state index contributed by atoms with van der Waals surface area (Å²) in [6, 6.07) is 6.04. The van der Waals surface area contributed by atoms with Gasteiger partial charge in [0.2, 0.25) is 15.9 Å². The molecule has 1 aromatic rings. The van der Waals surface area contributed by atoms with Crippen molar-refractivity contribution in [2.24, 2.45) is 0 Å². The van der Waals surface area contributed by atoms with Gasteiger partial charge in [0.15, 0.2) is 0 Å². The SMILES string of the molecule is CC(C(=O)N1CCCC1)N1CCN(S(=O)(=O)c2ccc(Cl)cc2)CC1. The Morgan fingerprint density at radius 3 is 2.12 bits per heavy atom. The lowest BCUT2D eigenvalue weighted by Gasteiger charge is -2.37. The fraction of sp³-hybridized carbons (Fsp3) is 0.588. The van der Waals surface area contributed by atoms with Crippen LogP contribution >= 0.6 is 11.6 Å². The van der Waals surface area contributed by atoms with Crippen LogP contribution in [0.3, 0.4) is 0 Å². The van der Waals surface area contributed by atoms with Crippen molar-refractivity contribution in [2.75, 3.05) is 39.3 Å². The van der Waals surface area contributed by atoms with Crippen LogP contribution in [0.25, 0.3) is 0 Å². The van der Waals surface area contributed by atoms with Gasteiger partial charge in [0.1, 0.15) is 0 Å². The molecule has 3 rings (SSSR count). The van der Waals surface area contributed by atoms with Gasteiger partial charge < -0.3 is 4.90 Å². The molecule has 1 amide bonds. The van der Waals surface area contributed by atoms with Crippen molar-refractivity contribution in [1.29, 1.82) is 0 Å². The van der Waals surface area contributed by atoms with Gasteiger partial charge in [-0.3, -0.25) is 9.69 Å². The summed E-state index contributed by atoms with van der Waals surface area (Å²) in [6.45, 7) is 5.51. The van der Waals surface area contributed by atoms with Crippen molar-refractivity contribution in [2.45, 2.75) is 30.7 Å². The van der Waals surface area contributed by atoms with Gasteiger partial charge >= 0.3 is 0 Å². The summed E-state index contributed by atoms with van der Waals surface area (Å²) in [5, 5.41) is 0.512. The quantitative estimate of drug-likeness (QED) is 0.790. The van der Waals surface area contributed by atoms with Crippen molar-refractivity contribution in [3.8, 4) is 0 Å². The fourth-order valence-corrected chi connectivity index (χ4v) is 4.99. The van der Waals surface area contributed by atoms with E-state index in [1.807, 2.05) is 11.8 Å². The van der Waals surface area contributed by atoms with Gasteiger partial charge in [-0.05, 0) is 44.0 Å². The zero-order valence-corrected chi connectivity index (χ0v) is 16.0. The van der Waals surface area contributed by atoms with E-state index in [0.29, 0.717) is 31.2 Å². The predicted octanol–water partition coefficient (Wildman–Crippen LogP) is 1.66. The van der Waals surface area contributed by atoms with E-state index in [0.717, 1.165) is 25.9 Å². The monoisotopic (exact) mass is 385 g/mol. The molecule has 0 N–H and O–H groups in total. The lowest BCUT2D eigenvalue weighted by Crippen LogP contribution is -2.55. The number of hydrogen-bond acceptors (Lipinski definition) is 4. The molecule has 1 unspecified atom stereocenters.